The van der Waals surface area contributed by atoms with Gasteiger partial charge in [0.2, 0.25) is 0 Å². The van der Waals surface area contributed by atoms with Crippen molar-refractivity contribution in [2.45, 2.75) is 40.2 Å². The normalized spacial score (nSPS) is 14.5. The first-order valence-electron chi connectivity index (χ1n) is 6.90. The topological polar surface area (TPSA) is 12.0 Å². The zero-order valence-corrected chi connectivity index (χ0v) is 13.2. The summed E-state index contributed by atoms with van der Waals surface area (Å²) in [6.45, 7) is 8.96. The first kappa shape index (κ1) is 15.6. The summed E-state index contributed by atoms with van der Waals surface area (Å²) >= 11 is 2.06. The van der Waals surface area contributed by atoms with Crippen LogP contribution in [0.15, 0.2) is 18.2 Å². The third kappa shape index (κ3) is 4.66. The van der Waals surface area contributed by atoms with Crippen molar-refractivity contribution >= 4 is 11.8 Å². The Hall–Kier alpha value is -0.470. The second-order valence-corrected chi connectivity index (χ2v) is 6.31. The van der Waals surface area contributed by atoms with E-state index in [1.807, 2.05) is 0 Å². The van der Waals surface area contributed by atoms with Crippen molar-refractivity contribution in [1.82, 2.24) is 5.32 Å². The summed E-state index contributed by atoms with van der Waals surface area (Å²) in [4.78, 5) is 0. The maximum Gasteiger partial charge on any atom is 0.0409 e. The van der Waals surface area contributed by atoms with Gasteiger partial charge in [0.05, 0.1) is 0 Å². The molecule has 0 fully saturated rings. The van der Waals surface area contributed by atoms with E-state index >= 15 is 0 Å². The number of hydrogen-bond acceptors (Lipinski definition) is 2. The third-order valence-corrected chi connectivity index (χ3v) is 5.04. The van der Waals surface area contributed by atoms with Crippen molar-refractivity contribution in [2.75, 3.05) is 18.6 Å². The lowest BCUT2D eigenvalue weighted by Crippen LogP contribution is -2.19. The molecule has 1 aromatic carbocycles. The molecule has 1 rings (SSSR count). The van der Waals surface area contributed by atoms with Crippen LogP contribution in [0.25, 0.3) is 0 Å². The van der Waals surface area contributed by atoms with Gasteiger partial charge in [0.15, 0.2) is 0 Å². The number of rotatable bonds is 7. The van der Waals surface area contributed by atoms with Crippen molar-refractivity contribution in [2.24, 2.45) is 5.92 Å². The van der Waals surface area contributed by atoms with Crippen LogP contribution >= 0.6 is 11.8 Å². The molecule has 0 aliphatic rings. The van der Waals surface area contributed by atoms with Crippen molar-refractivity contribution in [3.05, 3.63) is 34.9 Å². The van der Waals surface area contributed by atoms with Crippen molar-refractivity contribution in [3.63, 3.8) is 0 Å². The van der Waals surface area contributed by atoms with Crippen LogP contribution in [0.3, 0.4) is 0 Å². The van der Waals surface area contributed by atoms with Crippen LogP contribution < -0.4 is 5.32 Å². The molecular formula is C16H27NS. The van der Waals surface area contributed by atoms with Crippen LogP contribution in [-0.4, -0.2) is 18.6 Å². The van der Waals surface area contributed by atoms with E-state index in [4.69, 9.17) is 0 Å². The molecule has 1 nitrogen and oxygen atoms in total. The molecule has 18 heavy (non-hydrogen) atoms. The van der Waals surface area contributed by atoms with Crippen molar-refractivity contribution < 1.29 is 0 Å². The van der Waals surface area contributed by atoms with E-state index in [9.17, 15) is 0 Å². The van der Waals surface area contributed by atoms with E-state index < -0.39 is 0 Å². The molecule has 0 saturated carbocycles. The molecule has 2 unspecified atom stereocenters. The molecule has 0 aliphatic carbocycles. The largest absolute Gasteiger partial charge is 0.312 e. The Kier molecular flexibility index (Phi) is 6.80. The average Bonchev–Trinajstić information content (AvgIpc) is 2.38. The van der Waals surface area contributed by atoms with Crippen molar-refractivity contribution in [3.8, 4) is 0 Å². The highest BCUT2D eigenvalue weighted by molar-refractivity contribution is 7.99. The van der Waals surface area contributed by atoms with Crippen LogP contribution in [-0.2, 0) is 0 Å². The zero-order chi connectivity index (χ0) is 13.5. The van der Waals surface area contributed by atoms with Gasteiger partial charge in [-0.25, -0.2) is 0 Å². The molecule has 1 N–H and O–H groups in total. The Bertz CT molecular complexity index is 362. The first-order valence-corrected chi connectivity index (χ1v) is 8.06. The summed E-state index contributed by atoms with van der Waals surface area (Å²) in [5.74, 6) is 3.25. The van der Waals surface area contributed by atoms with Gasteiger partial charge in [-0.3, -0.25) is 0 Å². The molecule has 0 heterocycles. The molecule has 0 spiro atoms. The van der Waals surface area contributed by atoms with Gasteiger partial charge in [0.25, 0.3) is 0 Å². The fourth-order valence-corrected chi connectivity index (χ4v) is 3.20. The number of benzene rings is 1. The number of aryl methyl sites for hydroxylation is 2. The van der Waals surface area contributed by atoms with Gasteiger partial charge in [-0.15, -0.1) is 0 Å². The lowest BCUT2D eigenvalue weighted by atomic mass is 10.0. The predicted octanol–water partition coefficient (Wildman–Crippen LogP) is 4.34. The second-order valence-electron chi connectivity index (χ2n) is 5.24. The maximum atomic E-state index is 3.44. The van der Waals surface area contributed by atoms with Gasteiger partial charge in [0.1, 0.15) is 0 Å². The van der Waals surface area contributed by atoms with Crippen LogP contribution in [0, 0.1) is 19.8 Å². The van der Waals surface area contributed by atoms with Gasteiger partial charge in [-0.1, -0.05) is 38.5 Å². The highest BCUT2D eigenvalue weighted by Crippen LogP contribution is 2.22. The Labute approximate surface area is 117 Å². The summed E-state index contributed by atoms with van der Waals surface area (Å²) in [6, 6.07) is 7.28. The summed E-state index contributed by atoms with van der Waals surface area (Å²) in [5.41, 5.74) is 4.18. The molecule has 0 aromatic heterocycles. The molecule has 2 heteroatoms. The van der Waals surface area contributed by atoms with E-state index in [2.05, 4.69) is 70.0 Å². The van der Waals surface area contributed by atoms with E-state index in [1.54, 1.807) is 0 Å². The summed E-state index contributed by atoms with van der Waals surface area (Å²) < 4.78 is 0. The molecule has 102 valence electrons. The smallest absolute Gasteiger partial charge is 0.0409 e. The monoisotopic (exact) mass is 265 g/mol. The average molecular weight is 265 g/mol. The number of nitrogens with one attached hydrogen (secondary N) is 1. The van der Waals surface area contributed by atoms with E-state index in [0.717, 1.165) is 11.7 Å². The summed E-state index contributed by atoms with van der Waals surface area (Å²) in [5, 5.41) is 3.44. The van der Waals surface area contributed by atoms with Crippen molar-refractivity contribution in [1.29, 1.82) is 0 Å². The molecule has 0 amide bonds. The highest BCUT2D eigenvalue weighted by atomic mass is 32.2. The van der Waals surface area contributed by atoms with Crippen LogP contribution in [0.4, 0.5) is 0 Å². The van der Waals surface area contributed by atoms with Crippen LogP contribution in [0.1, 0.15) is 43.0 Å². The molecular weight excluding hydrogens is 238 g/mol. The predicted molar refractivity (Wildman–Crippen MR) is 84.5 cm³/mol. The van der Waals surface area contributed by atoms with Crippen LogP contribution in [0.2, 0.25) is 0 Å². The Morgan fingerprint density at radius 2 is 1.89 bits per heavy atom. The van der Waals surface area contributed by atoms with E-state index in [-0.39, 0.29) is 0 Å². The zero-order valence-electron chi connectivity index (χ0n) is 12.4. The molecule has 0 bridgehead atoms. The summed E-state index contributed by atoms with van der Waals surface area (Å²) in [6.07, 6.45) is 1.28. The van der Waals surface area contributed by atoms with Gasteiger partial charge < -0.3 is 5.32 Å². The highest BCUT2D eigenvalue weighted by Gasteiger charge is 2.10. The van der Waals surface area contributed by atoms with Gasteiger partial charge in [-0.2, -0.15) is 11.8 Å². The molecule has 0 saturated heterocycles. The van der Waals surface area contributed by atoms with E-state index in [1.165, 1.54) is 28.9 Å². The Morgan fingerprint density at radius 3 is 2.44 bits per heavy atom. The second kappa shape index (κ2) is 7.85. The Balaban J connectivity index is 2.57. The number of thioether (sulfide) groups is 1. The lowest BCUT2D eigenvalue weighted by molar-refractivity contribution is 0.630. The minimum Gasteiger partial charge on any atom is -0.312 e. The fourth-order valence-electron chi connectivity index (χ4n) is 1.83. The van der Waals surface area contributed by atoms with Crippen LogP contribution in [0.5, 0.6) is 0 Å². The van der Waals surface area contributed by atoms with E-state index in [0.29, 0.717) is 6.04 Å². The lowest BCUT2D eigenvalue weighted by Gasteiger charge is -2.18. The third-order valence-electron chi connectivity index (χ3n) is 3.67. The number of hydrogen-bond donors (Lipinski definition) is 1. The minimum atomic E-state index is 0.471. The summed E-state index contributed by atoms with van der Waals surface area (Å²) in [7, 11) is 2.06. The molecule has 0 aliphatic heterocycles. The minimum absolute atomic E-state index is 0.471. The SMILES string of the molecule is CCC(C)CSCC(NC)c1ccc(C)c(C)c1. The van der Waals surface area contributed by atoms with Gasteiger partial charge in [0, 0.05) is 11.8 Å². The molecule has 2 atom stereocenters. The Morgan fingerprint density at radius 1 is 1.17 bits per heavy atom. The first-order chi connectivity index (χ1) is 8.58. The maximum absolute atomic E-state index is 3.44. The standard InChI is InChI=1S/C16H27NS/c1-6-12(2)10-18-11-16(17-5)15-8-7-13(3)14(4)9-15/h7-9,12,16-17H,6,10-11H2,1-5H3. The van der Waals surface area contributed by atoms with Gasteiger partial charge in [-0.05, 0) is 49.3 Å². The fraction of sp³-hybridized carbons (Fsp3) is 0.625. The molecule has 1 aromatic rings. The van der Waals surface area contributed by atoms with Gasteiger partial charge >= 0.3 is 0 Å². The molecule has 0 radical (unpaired) electrons. The quantitative estimate of drug-likeness (QED) is 0.787.